The summed E-state index contributed by atoms with van der Waals surface area (Å²) in [6, 6.07) is 30.8. The number of halogens is 1. The first-order chi connectivity index (χ1) is 24.3. The molecule has 1 N–H and O–H groups in total. The number of nitrogens with zero attached hydrogens (tertiary/aromatic N) is 1. The Morgan fingerprint density at radius 3 is 1.94 bits per heavy atom. The van der Waals surface area contributed by atoms with Crippen LogP contribution in [0.2, 0.25) is 23.2 Å². The van der Waals surface area contributed by atoms with E-state index in [0.717, 1.165) is 28.2 Å². The van der Waals surface area contributed by atoms with Crippen molar-refractivity contribution in [2.75, 3.05) is 20.8 Å². The summed E-state index contributed by atoms with van der Waals surface area (Å²) in [5.74, 6) is 1.45. The maximum atomic E-state index is 13.6. The van der Waals surface area contributed by atoms with Crippen LogP contribution in [-0.2, 0) is 19.5 Å². The SMILES string of the molecule is COc1ccc(C(OC[C@H]2C[C@@H](O[Si](C)(C)C(C)(C)C)[C@H](n3c(=O)[nH]c(=O)c4c(Cl)cccc43)O2)(c2ccccc2)c2ccc(OC)cc2)cc1. The predicted octanol–water partition coefficient (Wildman–Crippen LogP) is 8.05. The molecule has 0 spiro atoms. The lowest BCUT2D eigenvalue weighted by molar-refractivity contribution is -0.0851. The molecule has 0 radical (unpaired) electrons. The van der Waals surface area contributed by atoms with Crippen LogP contribution in [0.25, 0.3) is 10.9 Å². The Hall–Kier alpha value is -4.19. The number of rotatable bonds is 11. The second-order valence-corrected chi connectivity index (χ2v) is 19.5. The lowest BCUT2D eigenvalue weighted by atomic mass is 9.80. The fourth-order valence-corrected chi connectivity index (χ4v) is 8.10. The van der Waals surface area contributed by atoms with E-state index < -0.39 is 43.6 Å². The van der Waals surface area contributed by atoms with Crippen molar-refractivity contribution in [1.29, 1.82) is 0 Å². The van der Waals surface area contributed by atoms with Crippen molar-refractivity contribution in [3.05, 3.63) is 140 Å². The van der Waals surface area contributed by atoms with Crippen LogP contribution in [0.15, 0.2) is 107 Å². The lowest BCUT2D eigenvalue weighted by Gasteiger charge is -2.39. The van der Waals surface area contributed by atoms with Crippen LogP contribution in [0.5, 0.6) is 11.5 Å². The van der Waals surface area contributed by atoms with Crippen LogP contribution in [0.4, 0.5) is 0 Å². The zero-order valence-corrected chi connectivity index (χ0v) is 31.8. The van der Waals surface area contributed by atoms with Gasteiger partial charge in [-0.2, -0.15) is 0 Å². The van der Waals surface area contributed by atoms with E-state index >= 15 is 0 Å². The third-order valence-electron chi connectivity index (χ3n) is 10.2. The maximum Gasteiger partial charge on any atom is 0.331 e. The standard InChI is InChI=1S/C40H45ClN2O7Si/c1-39(2,3)51(6,7)50-34-24-31(49-37(34)43-33-15-11-14-32(41)35(33)36(44)42-38(43)45)25-48-40(26-12-9-8-10-13-26,27-16-20-29(46-4)21-17-27)28-18-22-30(47-5)23-19-28/h8-23,31,34,37H,24-25H2,1-7H3,(H,42,44,45)/t31-,34-,37-/m1/s1. The van der Waals surface area contributed by atoms with Gasteiger partial charge in [-0.3, -0.25) is 14.3 Å². The highest BCUT2D eigenvalue weighted by Crippen LogP contribution is 2.45. The van der Waals surface area contributed by atoms with Gasteiger partial charge in [-0.15, -0.1) is 0 Å². The van der Waals surface area contributed by atoms with Gasteiger partial charge in [0.25, 0.3) is 5.56 Å². The molecule has 11 heteroatoms. The van der Waals surface area contributed by atoms with Crippen molar-refractivity contribution in [2.24, 2.45) is 0 Å². The topological polar surface area (TPSA) is 101 Å². The molecule has 1 saturated heterocycles. The summed E-state index contributed by atoms with van der Waals surface area (Å²) in [7, 11) is 0.904. The van der Waals surface area contributed by atoms with E-state index in [1.54, 1.807) is 32.4 Å². The Labute approximate surface area is 304 Å². The Bertz CT molecular complexity index is 2040. The normalized spacial score (nSPS) is 18.2. The fourth-order valence-electron chi connectivity index (χ4n) is 6.52. The number of ether oxygens (including phenoxy) is 4. The molecule has 1 aliphatic rings. The van der Waals surface area contributed by atoms with Gasteiger partial charge in [-0.25, -0.2) is 4.79 Å². The molecule has 0 saturated carbocycles. The van der Waals surface area contributed by atoms with Gasteiger partial charge in [0, 0.05) is 6.42 Å². The minimum atomic E-state index is -2.37. The van der Waals surface area contributed by atoms with Crippen LogP contribution >= 0.6 is 11.6 Å². The van der Waals surface area contributed by atoms with Gasteiger partial charge in [0.15, 0.2) is 14.5 Å². The number of H-pyrrole nitrogens is 1. The van der Waals surface area contributed by atoms with Crippen molar-refractivity contribution in [1.82, 2.24) is 9.55 Å². The van der Waals surface area contributed by atoms with Crippen molar-refractivity contribution < 1.29 is 23.4 Å². The predicted molar refractivity (Wildman–Crippen MR) is 203 cm³/mol. The molecule has 2 heterocycles. The van der Waals surface area contributed by atoms with E-state index in [2.05, 4.69) is 38.8 Å². The highest BCUT2D eigenvalue weighted by Gasteiger charge is 2.47. The van der Waals surface area contributed by atoms with E-state index in [4.69, 9.17) is 35.0 Å². The third-order valence-corrected chi connectivity index (χ3v) is 15.0. The summed E-state index contributed by atoms with van der Waals surface area (Å²) < 4.78 is 33.5. The average molecular weight is 729 g/mol. The molecule has 0 unspecified atom stereocenters. The zero-order chi connectivity index (χ0) is 36.6. The second kappa shape index (κ2) is 14.4. The van der Waals surface area contributed by atoms with Crippen LogP contribution in [0, 0.1) is 0 Å². The maximum absolute atomic E-state index is 13.6. The smallest absolute Gasteiger partial charge is 0.331 e. The minimum absolute atomic E-state index is 0.112. The first kappa shape index (κ1) is 36.6. The molecule has 1 aromatic heterocycles. The van der Waals surface area contributed by atoms with E-state index in [1.807, 2.05) is 78.9 Å². The minimum Gasteiger partial charge on any atom is -0.497 e. The molecule has 3 atom stereocenters. The monoisotopic (exact) mass is 728 g/mol. The molecule has 0 aliphatic carbocycles. The number of methoxy groups -OCH3 is 2. The number of aromatic nitrogens is 2. The van der Waals surface area contributed by atoms with Crippen molar-refractivity contribution in [3.63, 3.8) is 0 Å². The molecular weight excluding hydrogens is 684 g/mol. The van der Waals surface area contributed by atoms with Crippen molar-refractivity contribution >= 4 is 30.8 Å². The summed E-state index contributed by atoms with van der Waals surface area (Å²) in [6.45, 7) is 11.0. The average Bonchev–Trinajstić information content (AvgIpc) is 3.49. The lowest BCUT2D eigenvalue weighted by Crippen LogP contribution is -2.46. The van der Waals surface area contributed by atoms with Crippen molar-refractivity contribution in [3.8, 4) is 11.5 Å². The summed E-state index contributed by atoms with van der Waals surface area (Å²) in [4.78, 5) is 29.0. The largest absolute Gasteiger partial charge is 0.497 e. The van der Waals surface area contributed by atoms with Gasteiger partial charge < -0.3 is 23.4 Å². The quantitative estimate of drug-likeness (QED) is 0.109. The van der Waals surface area contributed by atoms with Gasteiger partial charge in [0.2, 0.25) is 0 Å². The Morgan fingerprint density at radius 2 is 1.39 bits per heavy atom. The number of benzene rings is 4. The van der Waals surface area contributed by atoms with Gasteiger partial charge in [0.1, 0.15) is 17.1 Å². The number of hydrogen-bond donors (Lipinski definition) is 1. The van der Waals surface area contributed by atoms with Gasteiger partial charge in [0.05, 0.1) is 49.0 Å². The Balaban J connectivity index is 1.45. The van der Waals surface area contributed by atoms with E-state index in [-0.39, 0.29) is 22.1 Å². The number of aromatic amines is 1. The first-order valence-electron chi connectivity index (χ1n) is 17.0. The molecular formula is C40H45ClN2O7Si. The highest BCUT2D eigenvalue weighted by atomic mass is 35.5. The molecule has 0 amide bonds. The van der Waals surface area contributed by atoms with Gasteiger partial charge >= 0.3 is 5.69 Å². The molecule has 5 aromatic rings. The third kappa shape index (κ3) is 7.03. The van der Waals surface area contributed by atoms with E-state index in [0.29, 0.717) is 11.9 Å². The summed E-state index contributed by atoms with van der Waals surface area (Å²) >= 11 is 6.50. The van der Waals surface area contributed by atoms with E-state index in [9.17, 15) is 9.59 Å². The molecule has 6 rings (SSSR count). The molecule has 0 bridgehead atoms. The summed E-state index contributed by atoms with van der Waals surface area (Å²) in [5, 5.41) is 0.350. The van der Waals surface area contributed by atoms with Crippen LogP contribution in [0.1, 0.15) is 50.1 Å². The van der Waals surface area contributed by atoms with Gasteiger partial charge in [-0.1, -0.05) is 93.0 Å². The molecule has 1 fully saturated rings. The number of hydrogen-bond acceptors (Lipinski definition) is 7. The second-order valence-electron chi connectivity index (χ2n) is 14.4. The molecule has 4 aromatic carbocycles. The Kier molecular flexibility index (Phi) is 10.4. The van der Waals surface area contributed by atoms with Crippen LogP contribution < -0.4 is 20.7 Å². The molecule has 9 nitrogen and oxygen atoms in total. The molecule has 51 heavy (non-hydrogen) atoms. The highest BCUT2D eigenvalue weighted by molar-refractivity contribution is 6.74. The first-order valence-corrected chi connectivity index (χ1v) is 20.3. The molecule has 268 valence electrons. The number of fused-ring (bicyclic) bond motifs is 1. The fraction of sp³-hybridized carbons (Fsp3) is 0.350. The van der Waals surface area contributed by atoms with Crippen LogP contribution in [0.3, 0.4) is 0 Å². The van der Waals surface area contributed by atoms with Crippen LogP contribution in [-0.4, -0.2) is 50.9 Å². The Morgan fingerprint density at radius 1 is 0.824 bits per heavy atom. The summed E-state index contributed by atoms with van der Waals surface area (Å²) in [6.07, 6.45) is -1.41. The molecule has 1 aliphatic heterocycles. The zero-order valence-electron chi connectivity index (χ0n) is 30.1. The van der Waals surface area contributed by atoms with E-state index in [1.165, 1.54) is 4.57 Å². The van der Waals surface area contributed by atoms with Crippen molar-refractivity contribution in [2.45, 2.75) is 69.4 Å². The summed E-state index contributed by atoms with van der Waals surface area (Å²) in [5.41, 5.74) is 0.861. The number of nitrogens with one attached hydrogen (secondary N) is 1. The van der Waals surface area contributed by atoms with Gasteiger partial charge in [-0.05, 0) is 71.2 Å².